The lowest BCUT2D eigenvalue weighted by atomic mass is 10.2. The molecule has 7 heteroatoms. The summed E-state index contributed by atoms with van der Waals surface area (Å²) in [6.07, 6.45) is -0.322. The molecule has 0 N–H and O–H groups in total. The molecule has 1 aliphatic heterocycles. The van der Waals surface area contributed by atoms with Crippen LogP contribution in [-0.2, 0) is 17.8 Å². The maximum Gasteiger partial charge on any atom is 0.409 e. The van der Waals surface area contributed by atoms with E-state index < -0.39 is 0 Å². The molecule has 0 bridgehead atoms. The van der Waals surface area contributed by atoms with E-state index in [4.69, 9.17) is 9.15 Å². The summed E-state index contributed by atoms with van der Waals surface area (Å²) in [7, 11) is 0. The van der Waals surface area contributed by atoms with Gasteiger partial charge in [0.15, 0.2) is 5.76 Å². The average Bonchev–Trinajstić information content (AvgIpc) is 3.22. The number of furan rings is 1. The standard InChI is InChI=1S/C23H31N3O4/c1-4-29-23(28)25-14-12-24(13-15-25)22(27)21-11-10-20(30-21)17-26(18(2)3)16-19-8-6-5-7-9-19/h5-11,18H,4,12-17H2,1-3H3. The van der Waals surface area contributed by atoms with Crippen LogP contribution in [0.5, 0.6) is 0 Å². The molecule has 30 heavy (non-hydrogen) atoms. The zero-order chi connectivity index (χ0) is 21.5. The zero-order valence-electron chi connectivity index (χ0n) is 18.0. The highest BCUT2D eigenvalue weighted by molar-refractivity contribution is 5.91. The average molecular weight is 414 g/mol. The molecule has 0 saturated carbocycles. The van der Waals surface area contributed by atoms with Gasteiger partial charge in [0.25, 0.3) is 5.91 Å². The van der Waals surface area contributed by atoms with Crippen molar-refractivity contribution in [3.63, 3.8) is 0 Å². The Morgan fingerprint density at radius 2 is 1.67 bits per heavy atom. The molecule has 0 aliphatic carbocycles. The molecule has 2 heterocycles. The van der Waals surface area contributed by atoms with E-state index in [1.165, 1.54) is 5.56 Å². The van der Waals surface area contributed by atoms with Gasteiger partial charge in [0.05, 0.1) is 13.2 Å². The number of amides is 2. The van der Waals surface area contributed by atoms with Crippen LogP contribution in [0.25, 0.3) is 0 Å². The maximum absolute atomic E-state index is 12.8. The summed E-state index contributed by atoms with van der Waals surface area (Å²) >= 11 is 0. The minimum absolute atomic E-state index is 0.135. The fourth-order valence-corrected chi connectivity index (χ4v) is 3.48. The second kappa shape index (κ2) is 10.3. The number of hydrogen-bond donors (Lipinski definition) is 0. The van der Waals surface area contributed by atoms with Gasteiger partial charge < -0.3 is 19.0 Å². The third-order valence-corrected chi connectivity index (χ3v) is 5.28. The summed E-state index contributed by atoms with van der Waals surface area (Å²) in [5.74, 6) is 0.982. The molecule has 1 aliphatic rings. The molecule has 162 valence electrons. The van der Waals surface area contributed by atoms with E-state index in [-0.39, 0.29) is 12.0 Å². The molecule has 1 fully saturated rings. The molecule has 0 unspecified atom stereocenters. The van der Waals surface area contributed by atoms with Crippen LogP contribution in [-0.4, -0.2) is 65.5 Å². The Bertz CT molecular complexity index is 826. The minimum Gasteiger partial charge on any atom is -0.455 e. The van der Waals surface area contributed by atoms with E-state index in [9.17, 15) is 9.59 Å². The summed E-state index contributed by atoms with van der Waals surface area (Å²) in [5.41, 5.74) is 1.24. The van der Waals surface area contributed by atoms with Crippen molar-refractivity contribution in [2.75, 3.05) is 32.8 Å². The number of carbonyl (C=O) groups excluding carboxylic acids is 2. The summed E-state index contributed by atoms with van der Waals surface area (Å²) in [6.45, 7) is 9.78. The first-order chi connectivity index (χ1) is 14.5. The quantitative estimate of drug-likeness (QED) is 0.694. The van der Waals surface area contributed by atoms with Gasteiger partial charge in [0.2, 0.25) is 0 Å². The Balaban J connectivity index is 1.57. The molecular weight excluding hydrogens is 382 g/mol. The zero-order valence-corrected chi connectivity index (χ0v) is 18.0. The van der Waals surface area contributed by atoms with E-state index in [2.05, 4.69) is 30.9 Å². The molecule has 7 nitrogen and oxygen atoms in total. The maximum atomic E-state index is 12.8. The fraction of sp³-hybridized carbons (Fsp3) is 0.478. The molecule has 2 amide bonds. The number of carbonyl (C=O) groups is 2. The smallest absolute Gasteiger partial charge is 0.409 e. The third kappa shape index (κ3) is 5.63. The van der Waals surface area contributed by atoms with Crippen LogP contribution in [0, 0.1) is 0 Å². The highest BCUT2D eigenvalue weighted by Crippen LogP contribution is 2.17. The topological polar surface area (TPSA) is 66.2 Å². The highest BCUT2D eigenvalue weighted by atomic mass is 16.6. The van der Waals surface area contributed by atoms with Crippen LogP contribution < -0.4 is 0 Å². The lowest BCUT2D eigenvalue weighted by Gasteiger charge is -2.33. The van der Waals surface area contributed by atoms with Crippen molar-refractivity contribution in [2.45, 2.75) is 39.9 Å². The van der Waals surface area contributed by atoms with Gasteiger partial charge in [0, 0.05) is 38.8 Å². The van der Waals surface area contributed by atoms with Gasteiger partial charge >= 0.3 is 6.09 Å². The molecule has 1 aromatic heterocycles. The normalized spacial score (nSPS) is 14.4. The van der Waals surface area contributed by atoms with Gasteiger partial charge in [-0.1, -0.05) is 30.3 Å². The summed E-state index contributed by atoms with van der Waals surface area (Å²) < 4.78 is 10.9. The predicted octanol–water partition coefficient (Wildman–Crippen LogP) is 3.60. The van der Waals surface area contributed by atoms with Gasteiger partial charge in [-0.2, -0.15) is 0 Å². The van der Waals surface area contributed by atoms with E-state index >= 15 is 0 Å². The predicted molar refractivity (Wildman–Crippen MR) is 114 cm³/mol. The Hall–Kier alpha value is -2.80. The first kappa shape index (κ1) is 21.9. The molecule has 0 radical (unpaired) electrons. The van der Waals surface area contributed by atoms with Gasteiger partial charge in [-0.05, 0) is 38.5 Å². The molecule has 3 rings (SSSR count). The molecule has 0 spiro atoms. The number of rotatable bonds is 7. The van der Waals surface area contributed by atoms with E-state index in [1.54, 1.807) is 22.8 Å². The first-order valence-corrected chi connectivity index (χ1v) is 10.6. The van der Waals surface area contributed by atoms with E-state index in [0.29, 0.717) is 51.1 Å². The lowest BCUT2D eigenvalue weighted by molar-refractivity contribution is 0.0543. The van der Waals surface area contributed by atoms with Crippen LogP contribution in [0.1, 0.15) is 42.6 Å². The number of nitrogens with zero attached hydrogens (tertiary/aromatic N) is 3. The van der Waals surface area contributed by atoms with Crippen molar-refractivity contribution in [1.29, 1.82) is 0 Å². The largest absolute Gasteiger partial charge is 0.455 e. The van der Waals surface area contributed by atoms with Crippen molar-refractivity contribution < 1.29 is 18.7 Å². The number of ether oxygens (including phenoxy) is 1. The van der Waals surface area contributed by atoms with Gasteiger partial charge in [0.1, 0.15) is 5.76 Å². The second-order valence-electron chi connectivity index (χ2n) is 7.73. The van der Waals surface area contributed by atoms with Crippen LogP contribution in [0.2, 0.25) is 0 Å². The van der Waals surface area contributed by atoms with Crippen molar-refractivity contribution in [3.05, 3.63) is 59.5 Å². The minimum atomic E-state index is -0.322. The second-order valence-corrected chi connectivity index (χ2v) is 7.73. The van der Waals surface area contributed by atoms with Crippen molar-refractivity contribution in [1.82, 2.24) is 14.7 Å². The first-order valence-electron chi connectivity index (χ1n) is 10.6. The molecule has 2 aromatic rings. The number of benzene rings is 1. The fourth-order valence-electron chi connectivity index (χ4n) is 3.48. The monoisotopic (exact) mass is 413 g/mol. The summed E-state index contributed by atoms with van der Waals surface area (Å²) in [5, 5.41) is 0. The lowest BCUT2D eigenvalue weighted by Crippen LogP contribution is -2.50. The van der Waals surface area contributed by atoms with Crippen molar-refractivity contribution >= 4 is 12.0 Å². The Morgan fingerprint density at radius 1 is 1.00 bits per heavy atom. The third-order valence-electron chi connectivity index (χ3n) is 5.28. The number of piperazine rings is 1. The Kier molecular flexibility index (Phi) is 7.52. The highest BCUT2D eigenvalue weighted by Gasteiger charge is 2.27. The molecular formula is C23H31N3O4. The van der Waals surface area contributed by atoms with E-state index in [0.717, 1.165) is 12.3 Å². The molecule has 1 aromatic carbocycles. The van der Waals surface area contributed by atoms with Crippen LogP contribution >= 0.6 is 0 Å². The van der Waals surface area contributed by atoms with Crippen LogP contribution in [0.4, 0.5) is 4.79 Å². The van der Waals surface area contributed by atoms with Crippen molar-refractivity contribution in [2.24, 2.45) is 0 Å². The Labute approximate surface area is 178 Å². The van der Waals surface area contributed by atoms with Crippen LogP contribution in [0.3, 0.4) is 0 Å². The summed E-state index contributed by atoms with van der Waals surface area (Å²) in [6, 6.07) is 14.3. The summed E-state index contributed by atoms with van der Waals surface area (Å²) in [4.78, 5) is 30.3. The van der Waals surface area contributed by atoms with Crippen molar-refractivity contribution in [3.8, 4) is 0 Å². The van der Waals surface area contributed by atoms with Crippen LogP contribution in [0.15, 0.2) is 46.9 Å². The van der Waals surface area contributed by atoms with Gasteiger partial charge in [-0.25, -0.2) is 4.79 Å². The van der Waals surface area contributed by atoms with Gasteiger partial charge in [-0.15, -0.1) is 0 Å². The molecule has 1 saturated heterocycles. The SMILES string of the molecule is CCOC(=O)N1CCN(C(=O)c2ccc(CN(Cc3ccccc3)C(C)C)o2)CC1. The van der Waals surface area contributed by atoms with Gasteiger partial charge in [-0.3, -0.25) is 9.69 Å². The molecule has 0 atom stereocenters. The van der Waals surface area contributed by atoms with E-state index in [1.807, 2.05) is 24.3 Å². The number of hydrogen-bond acceptors (Lipinski definition) is 5. The Morgan fingerprint density at radius 3 is 2.30 bits per heavy atom.